The van der Waals surface area contributed by atoms with Gasteiger partial charge >= 0.3 is 0 Å². The van der Waals surface area contributed by atoms with Gasteiger partial charge in [-0.25, -0.2) is 0 Å². The van der Waals surface area contributed by atoms with Gasteiger partial charge in [0.1, 0.15) is 0 Å². The highest BCUT2D eigenvalue weighted by molar-refractivity contribution is 7.10. The fraction of sp³-hybridized carbons (Fsp3) is 0.292. The standard InChI is InChI=1S/C24H27NO3S/c1-17-14-15-29-24(17)20(16-18-8-5-4-6-9-18)25-22(26)13-12-19-10-7-11-21(27-2)23(19)28-3/h4-11,14-15,20H,12-13,16H2,1-3H3,(H,25,26). The molecule has 4 nitrogen and oxygen atoms in total. The summed E-state index contributed by atoms with van der Waals surface area (Å²) in [5.74, 6) is 1.41. The number of benzene rings is 2. The van der Waals surface area contributed by atoms with Crippen molar-refractivity contribution >= 4 is 17.2 Å². The van der Waals surface area contributed by atoms with Crippen LogP contribution in [0, 0.1) is 6.92 Å². The molecule has 0 fully saturated rings. The monoisotopic (exact) mass is 409 g/mol. The van der Waals surface area contributed by atoms with Gasteiger partial charge in [0.25, 0.3) is 0 Å². The van der Waals surface area contributed by atoms with Gasteiger partial charge in [-0.3, -0.25) is 4.79 Å². The van der Waals surface area contributed by atoms with E-state index in [1.54, 1.807) is 25.6 Å². The predicted molar refractivity (Wildman–Crippen MR) is 118 cm³/mol. The largest absolute Gasteiger partial charge is 0.493 e. The number of thiophene rings is 1. The van der Waals surface area contributed by atoms with Crippen LogP contribution in [0.15, 0.2) is 60.0 Å². The molecule has 0 aliphatic rings. The van der Waals surface area contributed by atoms with Crippen molar-refractivity contribution in [1.82, 2.24) is 5.32 Å². The van der Waals surface area contributed by atoms with Crippen molar-refractivity contribution in [1.29, 1.82) is 0 Å². The van der Waals surface area contributed by atoms with E-state index in [-0.39, 0.29) is 11.9 Å². The fourth-order valence-electron chi connectivity index (χ4n) is 3.47. The minimum atomic E-state index is -0.0305. The van der Waals surface area contributed by atoms with Crippen molar-refractivity contribution in [2.75, 3.05) is 14.2 Å². The van der Waals surface area contributed by atoms with E-state index in [0.29, 0.717) is 24.3 Å². The number of para-hydroxylation sites is 1. The zero-order valence-electron chi connectivity index (χ0n) is 17.1. The summed E-state index contributed by atoms with van der Waals surface area (Å²) in [4.78, 5) is 14.0. The van der Waals surface area contributed by atoms with Gasteiger partial charge in [-0.2, -0.15) is 0 Å². The van der Waals surface area contributed by atoms with Gasteiger partial charge in [-0.05, 0) is 54.0 Å². The Kier molecular flexibility index (Phi) is 7.30. The third-order valence-corrected chi connectivity index (χ3v) is 6.07. The third kappa shape index (κ3) is 5.39. The Balaban J connectivity index is 1.70. The van der Waals surface area contributed by atoms with Crippen LogP contribution in [0.5, 0.6) is 11.5 Å². The maximum Gasteiger partial charge on any atom is 0.220 e. The van der Waals surface area contributed by atoms with E-state index >= 15 is 0 Å². The van der Waals surface area contributed by atoms with Crippen molar-refractivity contribution in [3.63, 3.8) is 0 Å². The van der Waals surface area contributed by atoms with Crippen LogP contribution >= 0.6 is 11.3 Å². The van der Waals surface area contributed by atoms with Gasteiger partial charge in [0, 0.05) is 11.3 Å². The quantitative estimate of drug-likeness (QED) is 0.534. The number of ether oxygens (including phenoxy) is 2. The Hall–Kier alpha value is -2.79. The second-order valence-corrected chi connectivity index (χ2v) is 7.88. The highest BCUT2D eigenvalue weighted by Crippen LogP contribution is 2.32. The highest BCUT2D eigenvalue weighted by Gasteiger charge is 2.19. The Morgan fingerprint density at radius 3 is 2.48 bits per heavy atom. The second-order valence-electron chi connectivity index (χ2n) is 6.93. The van der Waals surface area contributed by atoms with Crippen molar-refractivity contribution in [3.05, 3.63) is 81.5 Å². The van der Waals surface area contributed by atoms with Crippen LogP contribution in [-0.2, 0) is 17.6 Å². The van der Waals surface area contributed by atoms with Gasteiger partial charge < -0.3 is 14.8 Å². The van der Waals surface area contributed by atoms with E-state index in [0.717, 1.165) is 12.0 Å². The predicted octanol–water partition coefficient (Wildman–Crippen LogP) is 5.11. The number of aryl methyl sites for hydroxylation is 2. The molecule has 3 aromatic rings. The number of hydrogen-bond donors (Lipinski definition) is 1. The molecular formula is C24H27NO3S. The molecule has 2 aromatic carbocycles. The van der Waals surface area contributed by atoms with Crippen LogP contribution < -0.4 is 14.8 Å². The van der Waals surface area contributed by atoms with Crippen LogP contribution in [0.1, 0.15) is 34.0 Å². The lowest BCUT2D eigenvalue weighted by molar-refractivity contribution is -0.121. The summed E-state index contributed by atoms with van der Waals surface area (Å²) in [7, 11) is 3.24. The normalized spacial score (nSPS) is 11.7. The Morgan fingerprint density at radius 1 is 1.03 bits per heavy atom. The average molecular weight is 410 g/mol. The van der Waals surface area contributed by atoms with E-state index < -0.39 is 0 Å². The van der Waals surface area contributed by atoms with Gasteiger partial charge in [0.2, 0.25) is 5.91 Å². The van der Waals surface area contributed by atoms with Crippen molar-refractivity contribution in [3.8, 4) is 11.5 Å². The molecule has 1 heterocycles. The summed E-state index contributed by atoms with van der Waals surface area (Å²) in [5, 5.41) is 5.32. The van der Waals surface area contributed by atoms with Gasteiger partial charge in [-0.1, -0.05) is 42.5 Å². The van der Waals surface area contributed by atoms with Crippen LogP contribution in [0.25, 0.3) is 0 Å². The molecule has 0 saturated heterocycles. The van der Waals surface area contributed by atoms with Crippen LogP contribution in [0.2, 0.25) is 0 Å². The number of amides is 1. The first-order chi connectivity index (χ1) is 14.1. The maximum absolute atomic E-state index is 12.8. The lowest BCUT2D eigenvalue weighted by atomic mass is 10.0. The molecule has 1 amide bonds. The van der Waals surface area contributed by atoms with Crippen LogP contribution in [0.4, 0.5) is 0 Å². The molecule has 0 radical (unpaired) electrons. The lowest BCUT2D eigenvalue weighted by Crippen LogP contribution is -2.30. The van der Waals surface area contributed by atoms with E-state index in [1.807, 2.05) is 36.4 Å². The van der Waals surface area contributed by atoms with Crippen molar-refractivity contribution < 1.29 is 14.3 Å². The summed E-state index contributed by atoms with van der Waals surface area (Å²) in [6.07, 6.45) is 1.75. The SMILES string of the molecule is COc1cccc(CCC(=O)NC(Cc2ccccc2)c2sccc2C)c1OC. The van der Waals surface area contributed by atoms with E-state index in [4.69, 9.17) is 9.47 Å². The molecule has 1 N–H and O–H groups in total. The Bertz CT molecular complexity index is 936. The Labute approximate surface area is 176 Å². The first-order valence-corrected chi connectivity index (χ1v) is 10.6. The number of hydrogen-bond acceptors (Lipinski definition) is 4. The van der Waals surface area contributed by atoms with Crippen molar-refractivity contribution in [2.45, 2.75) is 32.2 Å². The summed E-state index contributed by atoms with van der Waals surface area (Å²) < 4.78 is 10.8. The molecule has 0 saturated carbocycles. The van der Waals surface area contributed by atoms with Gasteiger partial charge in [0.15, 0.2) is 11.5 Å². The molecular weight excluding hydrogens is 382 g/mol. The summed E-state index contributed by atoms with van der Waals surface area (Å²) in [6.45, 7) is 2.09. The summed E-state index contributed by atoms with van der Waals surface area (Å²) in [6, 6.07) is 18.1. The van der Waals surface area contributed by atoms with E-state index in [2.05, 4.69) is 35.8 Å². The molecule has 1 aromatic heterocycles. The van der Waals surface area contributed by atoms with E-state index in [1.165, 1.54) is 16.0 Å². The minimum Gasteiger partial charge on any atom is -0.493 e. The number of rotatable bonds is 9. The second kappa shape index (κ2) is 10.1. The number of carbonyl (C=O) groups excluding carboxylic acids is 1. The first-order valence-electron chi connectivity index (χ1n) is 9.69. The molecule has 0 bridgehead atoms. The molecule has 3 rings (SSSR count). The maximum atomic E-state index is 12.8. The molecule has 152 valence electrons. The number of methoxy groups -OCH3 is 2. The molecule has 0 aliphatic carbocycles. The minimum absolute atomic E-state index is 0.0305. The fourth-order valence-corrected chi connectivity index (χ4v) is 4.44. The lowest BCUT2D eigenvalue weighted by Gasteiger charge is -2.19. The third-order valence-electron chi connectivity index (χ3n) is 4.94. The molecule has 1 unspecified atom stereocenters. The molecule has 29 heavy (non-hydrogen) atoms. The molecule has 0 spiro atoms. The van der Waals surface area contributed by atoms with Crippen LogP contribution in [0.3, 0.4) is 0 Å². The molecule has 0 aliphatic heterocycles. The Morgan fingerprint density at radius 2 is 1.83 bits per heavy atom. The molecule has 5 heteroatoms. The van der Waals surface area contributed by atoms with Crippen LogP contribution in [-0.4, -0.2) is 20.1 Å². The number of nitrogens with one attached hydrogen (secondary N) is 1. The van der Waals surface area contributed by atoms with E-state index in [9.17, 15) is 4.79 Å². The summed E-state index contributed by atoms with van der Waals surface area (Å²) >= 11 is 1.69. The highest BCUT2D eigenvalue weighted by atomic mass is 32.1. The zero-order chi connectivity index (χ0) is 20.6. The summed E-state index contributed by atoms with van der Waals surface area (Å²) in [5.41, 5.74) is 3.39. The average Bonchev–Trinajstić information content (AvgIpc) is 3.18. The first kappa shape index (κ1) is 20.9. The smallest absolute Gasteiger partial charge is 0.220 e. The number of carbonyl (C=O) groups is 1. The zero-order valence-corrected chi connectivity index (χ0v) is 17.9. The van der Waals surface area contributed by atoms with Gasteiger partial charge in [0.05, 0.1) is 20.3 Å². The van der Waals surface area contributed by atoms with Gasteiger partial charge in [-0.15, -0.1) is 11.3 Å². The van der Waals surface area contributed by atoms with Crippen molar-refractivity contribution in [2.24, 2.45) is 0 Å². The molecule has 1 atom stereocenters. The topological polar surface area (TPSA) is 47.6 Å².